The molecular formula is C14H11BrN2O2S3. The van der Waals surface area contributed by atoms with Crippen LogP contribution in [0.4, 0.5) is 0 Å². The lowest BCUT2D eigenvalue weighted by Gasteiger charge is -2.06. The largest absolute Gasteiger partial charge is 0.255 e. The maximum atomic E-state index is 12.2. The third-order valence-electron chi connectivity index (χ3n) is 2.88. The zero-order chi connectivity index (χ0) is 15.6. The van der Waals surface area contributed by atoms with E-state index in [1.54, 1.807) is 29.7 Å². The molecule has 114 valence electrons. The van der Waals surface area contributed by atoms with Crippen molar-refractivity contribution >= 4 is 48.6 Å². The maximum absolute atomic E-state index is 12.2. The number of hydrogen-bond donors (Lipinski definition) is 1. The minimum atomic E-state index is -3.48. The second kappa shape index (κ2) is 6.59. The fourth-order valence-corrected chi connectivity index (χ4v) is 5.60. The van der Waals surface area contributed by atoms with Gasteiger partial charge in [-0.25, -0.2) is 13.1 Å². The molecule has 3 aromatic heterocycles. The van der Waals surface area contributed by atoms with E-state index in [0.29, 0.717) is 4.21 Å². The molecule has 8 heteroatoms. The van der Waals surface area contributed by atoms with Gasteiger partial charge >= 0.3 is 0 Å². The summed E-state index contributed by atoms with van der Waals surface area (Å²) in [5, 5.41) is 1.99. The Bertz CT molecular complexity index is 873. The molecule has 0 radical (unpaired) electrons. The van der Waals surface area contributed by atoms with E-state index in [4.69, 9.17) is 0 Å². The van der Waals surface area contributed by atoms with Gasteiger partial charge in [0.1, 0.15) is 4.21 Å². The molecule has 0 aliphatic carbocycles. The molecule has 0 unspecified atom stereocenters. The lowest BCUT2D eigenvalue weighted by molar-refractivity contribution is 0.583. The third kappa shape index (κ3) is 3.64. The summed E-state index contributed by atoms with van der Waals surface area (Å²) in [5.41, 5.74) is 1.73. The molecule has 0 aliphatic heterocycles. The molecule has 3 rings (SSSR count). The first-order valence-corrected chi connectivity index (χ1v) is 10.3. The highest BCUT2D eigenvalue weighted by atomic mass is 79.9. The Morgan fingerprint density at radius 3 is 2.77 bits per heavy atom. The molecule has 0 saturated carbocycles. The van der Waals surface area contributed by atoms with Crippen molar-refractivity contribution in [1.82, 2.24) is 9.71 Å². The van der Waals surface area contributed by atoms with Gasteiger partial charge in [0.05, 0.1) is 14.4 Å². The molecule has 0 spiro atoms. The molecule has 0 bridgehead atoms. The maximum Gasteiger partial charge on any atom is 0.250 e. The van der Waals surface area contributed by atoms with Crippen molar-refractivity contribution in [3.8, 4) is 10.6 Å². The van der Waals surface area contributed by atoms with E-state index in [9.17, 15) is 8.42 Å². The van der Waals surface area contributed by atoms with Crippen molar-refractivity contribution in [3.05, 3.63) is 57.3 Å². The molecule has 0 amide bonds. The Labute approximate surface area is 145 Å². The molecule has 1 N–H and O–H groups in total. The van der Waals surface area contributed by atoms with Gasteiger partial charge in [0.2, 0.25) is 10.0 Å². The summed E-state index contributed by atoms with van der Waals surface area (Å²) in [4.78, 5) is 5.38. The molecular weight excluding hydrogens is 404 g/mol. The van der Waals surface area contributed by atoms with Gasteiger partial charge in [-0.1, -0.05) is 6.07 Å². The zero-order valence-electron chi connectivity index (χ0n) is 11.2. The van der Waals surface area contributed by atoms with Crippen LogP contribution in [0.3, 0.4) is 0 Å². The lowest BCUT2D eigenvalue weighted by atomic mass is 10.2. The van der Waals surface area contributed by atoms with E-state index in [0.717, 1.165) is 19.9 Å². The van der Waals surface area contributed by atoms with Crippen LogP contribution in [0.1, 0.15) is 5.56 Å². The highest BCUT2D eigenvalue weighted by Crippen LogP contribution is 2.26. The number of nitrogens with zero attached hydrogens (tertiary/aromatic N) is 1. The van der Waals surface area contributed by atoms with Crippen LogP contribution in [0, 0.1) is 0 Å². The summed E-state index contributed by atoms with van der Waals surface area (Å²) in [6.45, 7) is 0.235. The Hall–Kier alpha value is -1.06. The Morgan fingerprint density at radius 1 is 1.23 bits per heavy atom. The number of halogens is 1. The van der Waals surface area contributed by atoms with E-state index in [1.165, 1.54) is 11.3 Å². The van der Waals surface area contributed by atoms with E-state index in [-0.39, 0.29) is 6.54 Å². The first kappa shape index (κ1) is 15.8. The summed E-state index contributed by atoms with van der Waals surface area (Å²) in [7, 11) is -3.48. The monoisotopic (exact) mass is 414 g/mol. The predicted molar refractivity (Wildman–Crippen MR) is 93.6 cm³/mol. The Morgan fingerprint density at radius 2 is 2.09 bits per heavy atom. The van der Waals surface area contributed by atoms with Gasteiger partial charge in [-0.05, 0) is 57.2 Å². The number of nitrogens with one attached hydrogen (secondary N) is 1. The molecule has 22 heavy (non-hydrogen) atoms. The summed E-state index contributed by atoms with van der Waals surface area (Å²) >= 11 is 6.06. The topological polar surface area (TPSA) is 59.1 Å². The van der Waals surface area contributed by atoms with E-state index < -0.39 is 10.0 Å². The van der Waals surface area contributed by atoms with Crippen LogP contribution in [0.25, 0.3) is 10.6 Å². The zero-order valence-corrected chi connectivity index (χ0v) is 15.2. The lowest BCUT2D eigenvalue weighted by Crippen LogP contribution is -2.22. The number of rotatable bonds is 5. The van der Waals surface area contributed by atoms with Gasteiger partial charge in [-0.3, -0.25) is 4.98 Å². The van der Waals surface area contributed by atoms with Crippen molar-refractivity contribution in [2.24, 2.45) is 0 Å². The van der Waals surface area contributed by atoms with Gasteiger partial charge in [0.25, 0.3) is 0 Å². The van der Waals surface area contributed by atoms with Crippen molar-refractivity contribution in [2.45, 2.75) is 10.8 Å². The van der Waals surface area contributed by atoms with Crippen molar-refractivity contribution < 1.29 is 8.42 Å². The van der Waals surface area contributed by atoms with Gasteiger partial charge in [0.15, 0.2) is 0 Å². The minimum absolute atomic E-state index is 0.235. The Kier molecular flexibility index (Phi) is 4.74. The molecule has 3 heterocycles. The van der Waals surface area contributed by atoms with Gasteiger partial charge in [0, 0.05) is 12.7 Å². The van der Waals surface area contributed by atoms with Crippen molar-refractivity contribution in [3.63, 3.8) is 0 Å². The first-order valence-electron chi connectivity index (χ1n) is 6.28. The number of hydrogen-bond acceptors (Lipinski definition) is 5. The van der Waals surface area contributed by atoms with Crippen LogP contribution >= 0.6 is 38.6 Å². The van der Waals surface area contributed by atoms with Crippen LogP contribution in [0.15, 0.2) is 56.0 Å². The van der Waals surface area contributed by atoms with E-state index in [1.807, 2.05) is 29.6 Å². The summed E-state index contributed by atoms with van der Waals surface area (Å²) in [6, 6.07) is 11.0. The van der Waals surface area contributed by atoms with Gasteiger partial charge in [-0.2, -0.15) is 0 Å². The average molecular weight is 415 g/mol. The third-order valence-corrected chi connectivity index (χ3v) is 7.29. The highest BCUT2D eigenvalue weighted by Gasteiger charge is 2.16. The minimum Gasteiger partial charge on any atom is -0.255 e. The SMILES string of the molecule is O=S(=O)(NCc1ccnc(-c2cccs2)c1)c1ccc(Br)s1. The molecule has 0 atom stereocenters. The fraction of sp³-hybridized carbons (Fsp3) is 0.0714. The van der Waals surface area contributed by atoms with E-state index in [2.05, 4.69) is 25.6 Å². The molecule has 0 saturated heterocycles. The average Bonchev–Trinajstić information content (AvgIpc) is 3.17. The number of sulfonamides is 1. The van der Waals surface area contributed by atoms with Gasteiger partial charge in [-0.15, -0.1) is 22.7 Å². The van der Waals surface area contributed by atoms with Crippen LogP contribution in [-0.2, 0) is 16.6 Å². The Balaban J connectivity index is 1.75. The summed E-state index contributed by atoms with van der Waals surface area (Å²) in [6.07, 6.45) is 1.69. The van der Waals surface area contributed by atoms with Crippen LogP contribution in [0.2, 0.25) is 0 Å². The van der Waals surface area contributed by atoms with Crippen LogP contribution in [-0.4, -0.2) is 13.4 Å². The summed E-state index contributed by atoms with van der Waals surface area (Å²) in [5.74, 6) is 0. The van der Waals surface area contributed by atoms with Crippen molar-refractivity contribution in [2.75, 3.05) is 0 Å². The highest BCUT2D eigenvalue weighted by molar-refractivity contribution is 9.11. The molecule has 0 fully saturated rings. The molecule has 4 nitrogen and oxygen atoms in total. The number of aromatic nitrogens is 1. The number of pyridine rings is 1. The predicted octanol–water partition coefficient (Wildman–Crippen LogP) is 4.11. The second-order valence-corrected chi connectivity index (χ2v) is 9.81. The smallest absolute Gasteiger partial charge is 0.250 e. The summed E-state index contributed by atoms with van der Waals surface area (Å²) < 4.78 is 28.1. The van der Waals surface area contributed by atoms with Crippen LogP contribution < -0.4 is 4.72 Å². The number of thiophene rings is 2. The molecule has 0 aromatic carbocycles. The fourth-order valence-electron chi connectivity index (χ4n) is 1.83. The van der Waals surface area contributed by atoms with E-state index >= 15 is 0 Å². The quantitative estimate of drug-likeness (QED) is 0.682. The van der Waals surface area contributed by atoms with Crippen molar-refractivity contribution in [1.29, 1.82) is 0 Å². The second-order valence-electron chi connectivity index (χ2n) is 4.41. The molecule has 0 aliphatic rings. The first-order chi connectivity index (χ1) is 10.5. The van der Waals surface area contributed by atoms with Crippen LogP contribution in [0.5, 0.6) is 0 Å². The standard InChI is InChI=1S/C14H11BrN2O2S3/c15-13-3-4-14(21-13)22(18,19)17-9-10-5-6-16-11(8-10)12-2-1-7-20-12/h1-8,17H,9H2. The van der Waals surface area contributed by atoms with Gasteiger partial charge < -0.3 is 0 Å². The normalized spacial score (nSPS) is 11.7. The molecule has 3 aromatic rings.